The molecule has 1 atom stereocenters. The van der Waals surface area contributed by atoms with Gasteiger partial charge in [0.25, 0.3) is 0 Å². The van der Waals surface area contributed by atoms with Crippen LogP contribution in [0.4, 0.5) is 18.9 Å². The zero-order valence-corrected chi connectivity index (χ0v) is 17.8. The number of alkyl halides is 3. The van der Waals surface area contributed by atoms with Gasteiger partial charge < -0.3 is 10.1 Å². The molecule has 1 unspecified atom stereocenters. The monoisotopic (exact) mass is 462 g/mol. The molecule has 11 heteroatoms. The van der Waals surface area contributed by atoms with Gasteiger partial charge in [0, 0.05) is 5.69 Å². The highest BCUT2D eigenvalue weighted by molar-refractivity contribution is 7.98. The van der Waals surface area contributed by atoms with Crippen molar-refractivity contribution in [2.75, 3.05) is 17.3 Å². The van der Waals surface area contributed by atoms with Gasteiger partial charge >= 0.3 is 6.36 Å². The van der Waals surface area contributed by atoms with Crippen LogP contribution in [0.5, 0.6) is 5.75 Å². The fraction of sp³-hybridized carbons (Fsp3) is 0.316. The van der Waals surface area contributed by atoms with Crippen LogP contribution in [0.25, 0.3) is 0 Å². The Balaban J connectivity index is 2.12. The number of aryl methyl sites for hydroxylation is 1. The molecular formula is C19H21F3N2O4S2. The van der Waals surface area contributed by atoms with Crippen molar-refractivity contribution in [2.45, 2.75) is 30.6 Å². The molecule has 0 saturated carbocycles. The van der Waals surface area contributed by atoms with Crippen molar-refractivity contribution in [3.63, 3.8) is 0 Å². The van der Waals surface area contributed by atoms with Gasteiger partial charge in [-0.25, -0.2) is 8.42 Å². The predicted octanol–water partition coefficient (Wildman–Crippen LogP) is 3.93. The van der Waals surface area contributed by atoms with E-state index in [0.717, 1.165) is 17.7 Å². The smallest absolute Gasteiger partial charge is 0.406 e. The summed E-state index contributed by atoms with van der Waals surface area (Å²) in [4.78, 5) is 12.7. The third kappa shape index (κ3) is 7.54. The summed E-state index contributed by atoms with van der Waals surface area (Å²) < 4.78 is 68.1. The Hall–Kier alpha value is -2.24. The molecule has 0 bridgehead atoms. The lowest BCUT2D eigenvalue weighted by Gasteiger charge is -2.18. The van der Waals surface area contributed by atoms with Crippen LogP contribution in [0.3, 0.4) is 0 Å². The lowest BCUT2D eigenvalue weighted by atomic mass is 10.2. The Kier molecular flexibility index (Phi) is 8.16. The van der Waals surface area contributed by atoms with E-state index in [-0.39, 0.29) is 17.0 Å². The van der Waals surface area contributed by atoms with Crippen LogP contribution in [-0.2, 0) is 14.8 Å². The third-order valence-electron chi connectivity index (χ3n) is 3.91. The number of carbonyl (C=O) groups excluding carboxylic acids is 1. The fourth-order valence-corrected chi connectivity index (χ4v) is 4.12. The molecule has 0 fully saturated rings. The summed E-state index contributed by atoms with van der Waals surface area (Å²) in [7, 11) is -3.94. The maximum absolute atomic E-state index is 12.6. The van der Waals surface area contributed by atoms with Crippen LogP contribution < -0.4 is 14.8 Å². The quantitative estimate of drug-likeness (QED) is 0.590. The zero-order chi connectivity index (χ0) is 22.4. The molecule has 0 spiro atoms. The van der Waals surface area contributed by atoms with Gasteiger partial charge in [0.05, 0.1) is 4.90 Å². The molecule has 0 heterocycles. The van der Waals surface area contributed by atoms with E-state index in [9.17, 15) is 26.4 Å². The summed E-state index contributed by atoms with van der Waals surface area (Å²) in [6.07, 6.45) is -2.77. The van der Waals surface area contributed by atoms with Gasteiger partial charge in [0.15, 0.2) is 0 Å². The average molecular weight is 463 g/mol. The van der Waals surface area contributed by atoms with Gasteiger partial charge in [-0.1, -0.05) is 17.7 Å². The lowest BCUT2D eigenvalue weighted by molar-refractivity contribution is -0.274. The summed E-state index contributed by atoms with van der Waals surface area (Å²) in [5.74, 6) is -0.531. The number of halogens is 3. The number of sulfonamides is 1. The summed E-state index contributed by atoms with van der Waals surface area (Å²) in [6.45, 7) is 1.82. The van der Waals surface area contributed by atoms with E-state index in [1.807, 2.05) is 13.2 Å². The van der Waals surface area contributed by atoms with E-state index >= 15 is 0 Å². The second-order valence-corrected chi connectivity index (χ2v) is 9.03. The summed E-state index contributed by atoms with van der Waals surface area (Å²) in [5.41, 5.74) is 1.10. The minimum absolute atomic E-state index is 0.0312. The average Bonchev–Trinajstić information content (AvgIpc) is 2.65. The molecule has 0 radical (unpaired) electrons. The maximum Gasteiger partial charge on any atom is 0.573 e. The van der Waals surface area contributed by atoms with Crippen LogP contribution in [0.2, 0.25) is 0 Å². The van der Waals surface area contributed by atoms with E-state index in [0.29, 0.717) is 5.75 Å². The van der Waals surface area contributed by atoms with Crippen molar-refractivity contribution >= 4 is 33.4 Å². The van der Waals surface area contributed by atoms with Gasteiger partial charge in [-0.05, 0) is 61.8 Å². The Morgan fingerprint density at radius 3 is 2.23 bits per heavy atom. The summed E-state index contributed by atoms with van der Waals surface area (Å²) >= 11 is 1.45. The largest absolute Gasteiger partial charge is 0.573 e. The first-order valence-electron chi connectivity index (χ1n) is 8.75. The van der Waals surface area contributed by atoms with Crippen molar-refractivity contribution in [3.05, 3.63) is 54.1 Å². The number of nitrogens with one attached hydrogen (secondary N) is 2. The van der Waals surface area contributed by atoms with Crippen molar-refractivity contribution in [3.8, 4) is 5.75 Å². The number of anilines is 1. The minimum Gasteiger partial charge on any atom is -0.406 e. The van der Waals surface area contributed by atoms with E-state index in [1.54, 1.807) is 12.1 Å². The second kappa shape index (κ2) is 10.2. The van der Waals surface area contributed by atoms with Crippen molar-refractivity contribution in [1.82, 2.24) is 4.72 Å². The number of rotatable bonds is 9. The molecular weight excluding hydrogens is 441 g/mol. The van der Waals surface area contributed by atoms with E-state index in [4.69, 9.17) is 0 Å². The standard InChI is InChI=1S/C19H21F3N2O4S2/c1-13-3-9-16(10-4-13)30(26,27)24-17(11-12-29-2)18(25)23-14-5-7-15(8-6-14)28-19(20,21)22/h3-10,17,24H,11-12H2,1-2H3,(H,23,25). The molecule has 1 amide bonds. The Morgan fingerprint density at radius 2 is 1.70 bits per heavy atom. The topological polar surface area (TPSA) is 84.5 Å². The van der Waals surface area contributed by atoms with Gasteiger partial charge in [-0.2, -0.15) is 16.5 Å². The van der Waals surface area contributed by atoms with E-state index < -0.39 is 34.1 Å². The molecule has 0 saturated heterocycles. The van der Waals surface area contributed by atoms with Gasteiger partial charge in [0.1, 0.15) is 11.8 Å². The third-order valence-corrected chi connectivity index (χ3v) is 6.04. The van der Waals surface area contributed by atoms with Gasteiger partial charge in [-0.15, -0.1) is 13.2 Å². The highest BCUT2D eigenvalue weighted by Gasteiger charge is 2.31. The SMILES string of the molecule is CSCCC(NS(=O)(=O)c1ccc(C)cc1)C(=O)Nc1ccc(OC(F)(F)F)cc1. The minimum atomic E-state index is -4.82. The maximum atomic E-state index is 12.6. The second-order valence-electron chi connectivity index (χ2n) is 6.33. The number of thioether (sulfide) groups is 1. The first kappa shape index (κ1) is 24.0. The van der Waals surface area contributed by atoms with E-state index in [1.165, 1.54) is 36.0 Å². The molecule has 2 N–H and O–H groups in total. The first-order valence-corrected chi connectivity index (χ1v) is 11.6. The van der Waals surface area contributed by atoms with E-state index in [2.05, 4.69) is 14.8 Å². The molecule has 164 valence electrons. The van der Waals surface area contributed by atoms with Gasteiger partial charge in [-0.3, -0.25) is 4.79 Å². The van der Waals surface area contributed by atoms with Crippen molar-refractivity contribution in [2.24, 2.45) is 0 Å². The predicted molar refractivity (Wildman–Crippen MR) is 110 cm³/mol. The molecule has 2 aromatic rings. The molecule has 0 aliphatic rings. The molecule has 2 rings (SSSR count). The number of hydrogen-bond donors (Lipinski definition) is 2. The molecule has 6 nitrogen and oxygen atoms in total. The first-order chi connectivity index (χ1) is 14.0. The highest BCUT2D eigenvalue weighted by atomic mass is 32.2. The molecule has 0 aliphatic carbocycles. The highest BCUT2D eigenvalue weighted by Crippen LogP contribution is 2.24. The number of amides is 1. The van der Waals surface area contributed by atoms with Crippen LogP contribution in [-0.4, -0.2) is 38.7 Å². The van der Waals surface area contributed by atoms with Gasteiger partial charge in [0.2, 0.25) is 15.9 Å². The van der Waals surface area contributed by atoms with Crippen LogP contribution in [0.15, 0.2) is 53.4 Å². The Labute approximate surface area is 177 Å². The number of hydrogen-bond acceptors (Lipinski definition) is 5. The summed E-state index contributed by atoms with van der Waals surface area (Å²) in [6, 6.07) is 9.70. The molecule has 0 aliphatic heterocycles. The van der Waals surface area contributed by atoms with Crippen LogP contribution in [0, 0.1) is 6.92 Å². The van der Waals surface area contributed by atoms with Crippen LogP contribution in [0.1, 0.15) is 12.0 Å². The summed E-state index contributed by atoms with van der Waals surface area (Å²) in [5, 5.41) is 2.51. The van der Waals surface area contributed by atoms with Crippen molar-refractivity contribution < 1.29 is 31.1 Å². The van der Waals surface area contributed by atoms with Crippen LogP contribution >= 0.6 is 11.8 Å². The normalized spacial score (nSPS) is 13.0. The molecule has 0 aromatic heterocycles. The number of carbonyl (C=O) groups is 1. The Morgan fingerprint density at radius 1 is 1.10 bits per heavy atom. The molecule has 2 aromatic carbocycles. The fourth-order valence-electron chi connectivity index (χ4n) is 2.42. The molecule has 30 heavy (non-hydrogen) atoms. The number of benzene rings is 2. The zero-order valence-electron chi connectivity index (χ0n) is 16.2. The Bertz CT molecular complexity index is 947. The van der Waals surface area contributed by atoms with Crippen molar-refractivity contribution in [1.29, 1.82) is 0 Å². The lowest BCUT2D eigenvalue weighted by Crippen LogP contribution is -2.44. The number of ether oxygens (including phenoxy) is 1.